The molecule has 6 atom stereocenters. The Morgan fingerprint density at radius 1 is 0.932 bits per heavy atom. The third kappa shape index (κ3) is 11.2. The first kappa shape index (κ1) is 35.6. The zero-order valence-electron chi connectivity index (χ0n) is 26.0. The van der Waals surface area contributed by atoms with Crippen LogP contribution in [0.5, 0.6) is 0 Å². The fraction of sp³-hybridized carbons (Fsp3) is 0.767. The summed E-state index contributed by atoms with van der Waals surface area (Å²) in [6, 6.07) is -1.27. The average Bonchev–Trinajstić information content (AvgIpc) is 3.50. The van der Waals surface area contributed by atoms with Crippen LogP contribution in [0.2, 0.25) is 0 Å². The number of unbranched alkanes of at least 4 members (excludes halogenated alkanes) is 9. The van der Waals surface area contributed by atoms with Crippen LogP contribution in [0.1, 0.15) is 90.9 Å². The number of aliphatic hydroxyl groups is 4. The van der Waals surface area contributed by atoms with Crippen molar-refractivity contribution in [3.8, 4) is 0 Å². The summed E-state index contributed by atoms with van der Waals surface area (Å²) in [5, 5.41) is 49.6. The van der Waals surface area contributed by atoms with E-state index in [1.165, 1.54) is 57.6 Å². The molecule has 0 spiro atoms. The van der Waals surface area contributed by atoms with Gasteiger partial charge in [0.15, 0.2) is 17.7 Å². The highest BCUT2D eigenvalue weighted by molar-refractivity contribution is 5.85. The molecular formula is C30H51N7O7. The molecule has 2 aromatic rings. The number of amides is 2. The maximum absolute atomic E-state index is 12.6. The lowest BCUT2D eigenvalue weighted by atomic mass is 9.92. The number of imidazole rings is 1. The smallest absolute Gasteiger partial charge is 0.239 e. The summed E-state index contributed by atoms with van der Waals surface area (Å²) < 4.78 is 5.79. The Morgan fingerprint density at radius 3 is 2.25 bits per heavy atom. The lowest BCUT2D eigenvalue weighted by molar-refractivity contribution is -0.204. The van der Waals surface area contributed by atoms with Gasteiger partial charge >= 0.3 is 0 Å². The van der Waals surface area contributed by atoms with Gasteiger partial charge in [0.05, 0.1) is 25.5 Å². The number of hydrogen-bond acceptors (Lipinski definition) is 11. The molecule has 1 aliphatic heterocycles. The molecule has 1 unspecified atom stereocenters. The number of carbonyl (C=O) groups is 2. The molecule has 3 heterocycles. The Kier molecular flexibility index (Phi) is 15.2. The van der Waals surface area contributed by atoms with Crippen molar-refractivity contribution in [2.75, 3.05) is 18.5 Å². The van der Waals surface area contributed by atoms with Crippen LogP contribution in [0.25, 0.3) is 11.2 Å². The topological polar surface area (TPSA) is 215 Å². The molecule has 44 heavy (non-hydrogen) atoms. The van der Waals surface area contributed by atoms with Crippen molar-refractivity contribution in [1.29, 1.82) is 0 Å². The standard InChI is InChI=1S/C30H51N7O7/c1-19(2)13-11-9-7-5-3-4-6-8-10-12-14-21(40)31-15-22(41)36-23-25(42)26(43)30(44-27(23)20(39)16-38)37-29-24-28(33-17-32-24)34-18-35-29/h17-20,23,25-27,30,38-39,42-43H,3-16H2,1-2H3,(H,31,40)(H,36,41)(H2,32,33,34,35,37)/t20-,23+,25+,26-,27?,30-/m0/s1. The molecule has 1 fully saturated rings. The molecule has 8 N–H and O–H groups in total. The Bertz CT molecular complexity index is 1130. The van der Waals surface area contributed by atoms with Gasteiger partial charge in [0.2, 0.25) is 11.8 Å². The fourth-order valence-electron chi connectivity index (χ4n) is 5.41. The van der Waals surface area contributed by atoms with Crippen LogP contribution in [0, 0.1) is 5.92 Å². The molecule has 0 radical (unpaired) electrons. The van der Waals surface area contributed by atoms with Gasteiger partial charge in [-0.15, -0.1) is 0 Å². The summed E-state index contributed by atoms with van der Waals surface area (Å²) in [5.74, 6) is 0.126. The number of aliphatic hydroxyl groups excluding tert-OH is 4. The van der Waals surface area contributed by atoms with E-state index >= 15 is 0 Å². The molecule has 14 nitrogen and oxygen atoms in total. The van der Waals surface area contributed by atoms with Crippen molar-refractivity contribution < 1.29 is 34.8 Å². The summed E-state index contributed by atoms with van der Waals surface area (Å²) in [4.78, 5) is 39.9. The highest BCUT2D eigenvalue weighted by Gasteiger charge is 2.48. The quantitative estimate of drug-likeness (QED) is 0.0992. The number of hydrogen-bond donors (Lipinski definition) is 8. The minimum absolute atomic E-state index is 0.231. The zero-order chi connectivity index (χ0) is 31.9. The number of ether oxygens (including phenoxy) is 1. The first-order valence-corrected chi connectivity index (χ1v) is 16.0. The van der Waals surface area contributed by atoms with E-state index in [1.54, 1.807) is 0 Å². The first-order chi connectivity index (χ1) is 21.2. The van der Waals surface area contributed by atoms with Gasteiger partial charge in [-0.2, -0.15) is 0 Å². The van der Waals surface area contributed by atoms with Gasteiger partial charge in [-0.05, 0) is 12.3 Å². The normalized spacial score (nSPS) is 22.7. The maximum atomic E-state index is 12.6. The van der Waals surface area contributed by atoms with Gasteiger partial charge in [-0.3, -0.25) is 9.59 Å². The molecule has 2 amide bonds. The number of aromatic amines is 1. The fourth-order valence-corrected chi connectivity index (χ4v) is 5.41. The lowest BCUT2D eigenvalue weighted by Gasteiger charge is -2.44. The van der Waals surface area contributed by atoms with Crippen LogP contribution in [0.15, 0.2) is 12.7 Å². The number of nitrogens with zero attached hydrogens (tertiary/aromatic N) is 3. The second-order valence-electron chi connectivity index (χ2n) is 12.1. The van der Waals surface area contributed by atoms with Gasteiger partial charge in [-0.1, -0.05) is 78.1 Å². The van der Waals surface area contributed by atoms with Gasteiger partial charge in [-0.25, -0.2) is 15.0 Å². The van der Waals surface area contributed by atoms with Crippen LogP contribution < -0.4 is 16.0 Å². The minimum atomic E-state index is -1.59. The van der Waals surface area contributed by atoms with Crippen molar-refractivity contribution in [3.05, 3.63) is 12.7 Å². The predicted octanol–water partition coefficient (Wildman–Crippen LogP) is 1.50. The van der Waals surface area contributed by atoms with E-state index in [2.05, 4.69) is 49.7 Å². The van der Waals surface area contributed by atoms with Crippen LogP contribution in [-0.2, 0) is 14.3 Å². The highest BCUT2D eigenvalue weighted by Crippen LogP contribution is 2.26. The monoisotopic (exact) mass is 621 g/mol. The minimum Gasteiger partial charge on any atom is -0.394 e. The molecule has 248 valence electrons. The highest BCUT2D eigenvalue weighted by atomic mass is 16.5. The predicted molar refractivity (Wildman–Crippen MR) is 164 cm³/mol. The van der Waals surface area contributed by atoms with Crippen LogP contribution in [0.3, 0.4) is 0 Å². The second kappa shape index (κ2) is 18.8. The van der Waals surface area contributed by atoms with Crippen molar-refractivity contribution in [2.45, 2.75) is 128 Å². The molecule has 0 bridgehead atoms. The number of fused-ring (bicyclic) bond motifs is 1. The van der Waals surface area contributed by atoms with E-state index in [-0.39, 0.29) is 18.3 Å². The third-order valence-corrected chi connectivity index (χ3v) is 7.96. The van der Waals surface area contributed by atoms with E-state index in [4.69, 9.17) is 4.74 Å². The Labute approximate surface area is 258 Å². The largest absolute Gasteiger partial charge is 0.394 e. The second-order valence-corrected chi connectivity index (χ2v) is 12.1. The van der Waals surface area contributed by atoms with E-state index in [1.807, 2.05) is 0 Å². The van der Waals surface area contributed by atoms with Crippen LogP contribution >= 0.6 is 0 Å². The Hall–Kier alpha value is -2.91. The SMILES string of the molecule is CC(C)CCCCCCCCCCCCC(=O)NCC(=O)N[C@H]1C([C@@H](O)CO)O[C@H](Nc2ncnc3nc[nH]c23)[C@@H](O)[C@@H]1O. The molecule has 0 aromatic carbocycles. The molecule has 2 aromatic heterocycles. The summed E-state index contributed by atoms with van der Waals surface area (Å²) >= 11 is 0. The van der Waals surface area contributed by atoms with Crippen LogP contribution in [-0.4, -0.2) is 102 Å². The van der Waals surface area contributed by atoms with Gasteiger partial charge in [0.25, 0.3) is 0 Å². The van der Waals surface area contributed by atoms with Crippen molar-refractivity contribution in [3.63, 3.8) is 0 Å². The molecule has 0 saturated carbocycles. The molecule has 1 aliphatic rings. The van der Waals surface area contributed by atoms with Gasteiger partial charge in [0.1, 0.15) is 36.3 Å². The Morgan fingerprint density at radius 2 is 1.59 bits per heavy atom. The number of rotatable bonds is 20. The van der Waals surface area contributed by atoms with Crippen LogP contribution in [0.4, 0.5) is 5.82 Å². The van der Waals surface area contributed by atoms with Crippen molar-refractivity contribution in [2.24, 2.45) is 5.92 Å². The third-order valence-electron chi connectivity index (χ3n) is 7.96. The molecule has 14 heteroatoms. The average molecular weight is 622 g/mol. The summed E-state index contributed by atoms with van der Waals surface area (Å²) in [7, 11) is 0. The Balaban J connectivity index is 1.35. The van der Waals surface area contributed by atoms with Crippen molar-refractivity contribution >= 4 is 28.8 Å². The summed E-state index contributed by atoms with van der Waals surface area (Å²) in [6.45, 7) is 3.47. The lowest BCUT2D eigenvalue weighted by Crippen LogP contribution is -2.68. The van der Waals surface area contributed by atoms with E-state index in [0.29, 0.717) is 17.6 Å². The number of anilines is 1. The molecule has 3 rings (SSSR count). The molecule has 0 aliphatic carbocycles. The summed E-state index contributed by atoms with van der Waals surface area (Å²) in [5.41, 5.74) is 0.794. The number of nitrogens with one attached hydrogen (secondary N) is 4. The molecule has 1 saturated heterocycles. The van der Waals surface area contributed by atoms with Gasteiger partial charge in [0, 0.05) is 6.42 Å². The van der Waals surface area contributed by atoms with Crippen molar-refractivity contribution in [1.82, 2.24) is 30.6 Å². The maximum Gasteiger partial charge on any atom is 0.239 e. The number of H-pyrrole nitrogens is 1. The van der Waals surface area contributed by atoms with E-state index in [0.717, 1.165) is 31.6 Å². The molecular weight excluding hydrogens is 570 g/mol. The number of aromatic nitrogens is 4. The first-order valence-electron chi connectivity index (χ1n) is 16.0. The van der Waals surface area contributed by atoms with Gasteiger partial charge < -0.3 is 46.1 Å². The summed E-state index contributed by atoms with van der Waals surface area (Å²) in [6.07, 6.45) is 8.79. The zero-order valence-corrected chi connectivity index (χ0v) is 26.0. The number of carbonyl (C=O) groups excluding carboxylic acids is 2. The van der Waals surface area contributed by atoms with E-state index in [9.17, 15) is 30.0 Å². The van der Waals surface area contributed by atoms with E-state index < -0.39 is 49.2 Å².